The number of para-hydroxylation sites is 1. The summed E-state index contributed by atoms with van der Waals surface area (Å²) in [6.45, 7) is 2.78. The number of furan rings is 1. The minimum Gasteiger partial charge on any atom is -0.451 e. The van der Waals surface area contributed by atoms with Crippen LogP contribution in [-0.4, -0.2) is 27.4 Å². The van der Waals surface area contributed by atoms with Gasteiger partial charge in [0.25, 0.3) is 15.9 Å². The van der Waals surface area contributed by atoms with Gasteiger partial charge in [0, 0.05) is 39.8 Å². The number of nitrogens with zero attached hydrogens (tertiary/aromatic N) is 1. The van der Waals surface area contributed by atoms with Crippen LogP contribution in [0.5, 0.6) is 0 Å². The van der Waals surface area contributed by atoms with E-state index in [9.17, 15) is 13.2 Å². The third kappa shape index (κ3) is 6.51. The quantitative estimate of drug-likeness (QED) is 0.163. The van der Waals surface area contributed by atoms with Gasteiger partial charge in [0.05, 0.1) is 17.1 Å². The number of sulfonamides is 1. The van der Waals surface area contributed by atoms with Gasteiger partial charge in [0.15, 0.2) is 5.76 Å². The molecule has 5 aromatic rings. The number of anilines is 2. The molecule has 1 amide bonds. The average molecular weight is 609 g/mol. The van der Waals surface area contributed by atoms with Gasteiger partial charge in [0.2, 0.25) is 0 Å². The molecule has 5 rings (SSSR count). The zero-order chi connectivity index (χ0) is 29.0. The summed E-state index contributed by atoms with van der Waals surface area (Å²) in [6.07, 6.45) is 0. The number of rotatable bonds is 10. The lowest BCUT2D eigenvalue weighted by molar-refractivity contribution is 0.0929. The van der Waals surface area contributed by atoms with Crippen molar-refractivity contribution in [1.29, 1.82) is 0 Å². The van der Waals surface area contributed by atoms with Gasteiger partial charge in [-0.2, -0.15) is 0 Å². The van der Waals surface area contributed by atoms with Gasteiger partial charge in [-0.15, -0.1) is 0 Å². The molecule has 0 bridgehead atoms. The predicted molar refractivity (Wildman–Crippen MR) is 164 cm³/mol. The molecule has 0 radical (unpaired) electrons. The summed E-state index contributed by atoms with van der Waals surface area (Å²) >= 11 is 12.1. The fourth-order valence-electron chi connectivity index (χ4n) is 4.40. The van der Waals surface area contributed by atoms with Crippen LogP contribution in [0.4, 0.5) is 11.4 Å². The van der Waals surface area contributed by atoms with Crippen molar-refractivity contribution in [3.63, 3.8) is 0 Å². The molecule has 0 aliphatic carbocycles. The van der Waals surface area contributed by atoms with Crippen molar-refractivity contribution in [3.8, 4) is 0 Å². The summed E-state index contributed by atoms with van der Waals surface area (Å²) in [5, 5.41) is 7.75. The molecule has 0 saturated carbocycles. The smallest absolute Gasteiger partial charge is 0.287 e. The van der Waals surface area contributed by atoms with Crippen LogP contribution in [0.25, 0.3) is 11.0 Å². The number of hydrogen-bond acceptors (Lipinski definition) is 5. The van der Waals surface area contributed by atoms with Gasteiger partial charge in [0.1, 0.15) is 5.58 Å². The van der Waals surface area contributed by atoms with E-state index in [2.05, 4.69) is 10.6 Å². The molecule has 0 unspecified atom stereocenters. The van der Waals surface area contributed by atoms with Gasteiger partial charge >= 0.3 is 0 Å². The van der Waals surface area contributed by atoms with Gasteiger partial charge < -0.3 is 15.1 Å². The van der Waals surface area contributed by atoms with Gasteiger partial charge in [-0.1, -0.05) is 53.5 Å². The normalized spacial score (nSPS) is 11.4. The summed E-state index contributed by atoms with van der Waals surface area (Å²) in [6, 6.07) is 27.8. The zero-order valence-corrected chi connectivity index (χ0v) is 24.4. The molecule has 210 valence electrons. The first-order valence-corrected chi connectivity index (χ1v) is 15.0. The van der Waals surface area contributed by atoms with Crippen molar-refractivity contribution >= 4 is 61.5 Å². The van der Waals surface area contributed by atoms with Crippen molar-refractivity contribution in [2.45, 2.75) is 18.4 Å². The topological polar surface area (TPSA) is 91.7 Å². The van der Waals surface area contributed by atoms with Gasteiger partial charge in [-0.25, -0.2) is 8.42 Å². The summed E-state index contributed by atoms with van der Waals surface area (Å²) in [5.41, 5.74) is 3.23. The molecular formula is C31H27Cl2N3O4S. The summed E-state index contributed by atoms with van der Waals surface area (Å²) in [4.78, 5) is 13.0. The minimum atomic E-state index is -3.98. The van der Waals surface area contributed by atoms with E-state index in [1.165, 1.54) is 16.4 Å². The number of halogens is 2. The summed E-state index contributed by atoms with van der Waals surface area (Å²) in [7, 11) is -3.98. The van der Waals surface area contributed by atoms with Crippen molar-refractivity contribution in [3.05, 3.63) is 124 Å². The zero-order valence-electron chi connectivity index (χ0n) is 22.1. The molecule has 0 aliphatic heterocycles. The van der Waals surface area contributed by atoms with Crippen LogP contribution in [0.15, 0.2) is 106 Å². The molecule has 41 heavy (non-hydrogen) atoms. The lowest BCUT2D eigenvalue weighted by atomic mass is 10.1. The van der Waals surface area contributed by atoms with Crippen LogP contribution < -0.4 is 14.9 Å². The second-order valence-corrected chi connectivity index (χ2v) is 12.1. The van der Waals surface area contributed by atoms with Crippen molar-refractivity contribution in [1.82, 2.24) is 5.32 Å². The Kier molecular flexibility index (Phi) is 8.54. The molecule has 0 spiro atoms. The molecule has 0 saturated heterocycles. The van der Waals surface area contributed by atoms with Crippen LogP contribution in [-0.2, 0) is 16.6 Å². The fourth-order valence-corrected chi connectivity index (χ4v) is 6.10. The van der Waals surface area contributed by atoms with E-state index in [0.717, 1.165) is 11.3 Å². The van der Waals surface area contributed by atoms with Gasteiger partial charge in [-0.05, 0) is 79.2 Å². The van der Waals surface area contributed by atoms with Gasteiger partial charge in [-0.3, -0.25) is 9.10 Å². The van der Waals surface area contributed by atoms with E-state index in [-0.39, 0.29) is 23.1 Å². The highest BCUT2D eigenvalue weighted by Gasteiger charge is 2.27. The molecular weight excluding hydrogens is 581 g/mol. The Morgan fingerprint density at radius 1 is 0.854 bits per heavy atom. The Balaban J connectivity index is 1.42. The second kappa shape index (κ2) is 12.3. The SMILES string of the molecule is Cc1c(C(=O)NCCNc2ccccc2)oc2ccc(N(Cc3ccc(Cl)cc3)S(=O)(=O)c3ccc(Cl)cc3)cc12. The van der Waals surface area contributed by atoms with E-state index < -0.39 is 10.0 Å². The number of amides is 1. The number of carbonyl (C=O) groups is 1. The number of fused-ring (bicyclic) bond motifs is 1. The third-order valence-electron chi connectivity index (χ3n) is 6.57. The number of nitrogens with one attached hydrogen (secondary N) is 2. The first-order chi connectivity index (χ1) is 19.7. The van der Waals surface area contributed by atoms with Crippen molar-refractivity contribution < 1.29 is 17.6 Å². The Morgan fingerprint density at radius 2 is 1.51 bits per heavy atom. The predicted octanol–water partition coefficient (Wildman–Crippen LogP) is 7.29. The monoisotopic (exact) mass is 607 g/mol. The largest absolute Gasteiger partial charge is 0.451 e. The summed E-state index contributed by atoms with van der Waals surface area (Å²) < 4.78 is 34.9. The van der Waals surface area contributed by atoms with E-state index in [4.69, 9.17) is 27.6 Å². The Morgan fingerprint density at radius 3 is 2.20 bits per heavy atom. The highest BCUT2D eigenvalue weighted by Crippen LogP contribution is 2.33. The second-order valence-electron chi connectivity index (χ2n) is 9.38. The molecule has 1 heterocycles. The Hall–Kier alpha value is -3.98. The first kappa shape index (κ1) is 28.5. The first-order valence-electron chi connectivity index (χ1n) is 12.9. The van der Waals surface area contributed by atoms with E-state index in [1.54, 1.807) is 61.5 Å². The lowest BCUT2D eigenvalue weighted by Crippen LogP contribution is -2.30. The Labute approximate surface area is 248 Å². The number of hydrogen-bond donors (Lipinski definition) is 2. The lowest BCUT2D eigenvalue weighted by Gasteiger charge is -2.25. The van der Waals surface area contributed by atoms with Crippen LogP contribution in [0.3, 0.4) is 0 Å². The standard InChI is InChI=1S/C31H27Cl2N3O4S/c1-21-28-19-26(13-16-29(28)40-30(21)31(37)35-18-17-34-25-5-3-2-4-6-25)36(20-22-7-9-23(32)10-8-22)41(38,39)27-14-11-24(33)12-15-27/h2-16,19,34H,17-18,20H2,1H3,(H,35,37). The minimum absolute atomic E-state index is 0.0618. The molecule has 2 N–H and O–H groups in total. The summed E-state index contributed by atoms with van der Waals surface area (Å²) in [5.74, 6) is -0.163. The average Bonchev–Trinajstić information content (AvgIpc) is 3.31. The van der Waals surface area contributed by atoms with E-state index in [0.29, 0.717) is 45.4 Å². The maximum Gasteiger partial charge on any atom is 0.287 e. The molecule has 10 heteroatoms. The highest BCUT2D eigenvalue weighted by molar-refractivity contribution is 7.92. The third-order valence-corrected chi connectivity index (χ3v) is 8.86. The van der Waals surface area contributed by atoms with E-state index in [1.807, 2.05) is 30.3 Å². The molecule has 0 fully saturated rings. The maximum absolute atomic E-state index is 13.9. The fraction of sp³-hybridized carbons (Fsp3) is 0.129. The molecule has 4 aromatic carbocycles. The Bertz CT molecular complexity index is 1770. The molecule has 0 atom stereocenters. The van der Waals surface area contributed by atoms with Crippen LogP contribution in [0.1, 0.15) is 21.7 Å². The highest BCUT2D eigenvalue weighted by atomic mass is 35.5. The van der Waals surface area contributed by atoms with Crippen molar-refractivity contribution in [2.75, 3.05) is 22.7 Å². The molecule has 0 aliphatic rings. The number of aryl methyl sites for hydroxylation is 1. The molecule has 7 nitrogen and oxygen atoms in total. The maximum atomic E-state index is 13.9. The number of carbonyl (C=O) groups excluding carboxylic acids is 1. The number of benzene rings is 4. The van der Waals surface area contributed by atoms with Crippen LogP contribution >= 0.6 is 23.2 Å². The van der Waals surface area contributed by atoms with Crippen molar-refractivity contribution in [2.24, 2.45) is 0 Å². The van der Waals surface area contributed by atoms with Crippen LogP contribution in [0.2, 0.25) is 10.0 Å². The molecule has 1 aromatic heterocycles. The van der Waals surface area contributed by atoms with Crippen LogP contribution in [0, 0.1) is 6.92 Å². The van der Waals surface area contributed by atoms with E-state index >= 15 is 0 Å².